The lowest BCUT2D eigenvalue weighted by Crippen LogP contribution is -2.29. The molecule has 1 aliphatic heterocycles. The minimum absolute atomic E-state index is 0.142. The largest absolute Gasteiger partial charge is 0.341 e. The van der Waals surface area contributed by atoms with Crippen molar-refractivity contribution in [3.05, 3.63) is 0 Å². The highest BCUT2D eigenvalue weighted by atomic mass is 16.2. The van der Waals surface area contributed by atoms with Gasteiger partial charge in [-0.25, -0.2) is 0 Å². The summed E-state index contributed by atoms with van der Waals surface area (Å²) in [6, 6.07) is 0.217. The lowest BCUT2D eigenvalue weighted by atomic mass is 10.3. The summed E-state index contributed by atoms with van der Waals surface area (Å²) < 4.78 is 0. The molecule has 2 N–H and O–H groups in total. The Balaban J connectivity index is 0.000000461. The van der Waals surface area contributed by atoms with Crippen LogP contribution in [0.1, 0.15) is 27.2 Å². The molecule has 1 heterocycles. The Morgan fingerprint density at radius 3 is 2.27 bits per heavy atom. The second kappa shape index (κ2) is 5.13. The number of carbonyl (C=O) groups excluding carboxylic acids is 1. The first-order chi connectivity index (χ1) is 5.20. The molecule has 0 saturated carbocycles. The molecule has 0 aromatic heterocycles. The maximum Gasteiger partial charge on any atom is 0.219 e. The lowest BCUT2D eigenvalue weighted by molar-refractivity contribution is -0.127. The normalized spacial score (nSPS) is 22.5. The number of rotatable bonds is 0. The third kappa shape index (κ3) is 3.37. The van der Waals surface area contributed by atoms with Crippen LogP contribution in [0.3, 0.4) is 0 Å². The number of carbonyl (C=O) groups is 1. The molecule has 1 fully saturated rings. The van der Waals surface area contributed by atoms with Gasteiger partial charge in [0.15, 0.2) is 0 Å². The summed E-state index contributed by atoms with van der Waals surface area (Å²) in [5, 5.41) is 0. The summed E-state index contributed by atoms with van der Waals surface area (Å²) in [6.07, 6.45) is 0.958. The molecular formula is C8H18N2O. The highest BCUT2D eigenvalue weighted by Gasteiger charge is 2.20. The summed E-state index contributed by atoms with van der Waals surface area (Å²) in [6.45, 7) is 7.17. The first kappa shape index (κ1) is 10.4. The first-order valence-electron chi connectivity index (χ1n) is 4.21. The second-order valence-electron chi connectivity index (χ2n) is 2.51. The topological polar surface area (TPSA) is 46.3 Å². The van der Waals surface area contributed by atoms with E-state index in [1.807, 2.05) is 13.8 Å². The summed E-state index contributed by atoms with van der Waals surface area (Å²) in [7, 11) is 0. The van der Waals surface area contributed by atoms with Crippen LogP contribution >= 0.6 is 0 Å². The van der Waals surface area contributed by atoms with Gasteiger partial charge in [0, 0.05) is 26.1 Å². The van der Waals surface area contributed by atoms with Crippen LogP contribution < -0.4 is 5.73 Å². The number of likely N-dealkylation sites (tertiary alicyclic amines) is 1. The molecule has 11 heavy (non-hydrogen) atoms. The van der Waals surface area contributed by atoms with Gasteiger partial charge in [0.1, 0.15) is 0 Å². The number of hydrogen-bond donors (Lipinski definition) is 1. The van der Waals surface area contributed by atoms with Gasteiger partial charge in [-0.2, -0.15) is 0 Å². The Bertz CT molecular complexity index is 125. The molecule has 66 valence electrons. The molecule has 0 aromatic carbocycles. The second-order valence-corrected chi connectivity index (χ2v) is 2.51. The van der Waals surface area contributed by atoms with E-state index in [0.717, 1.165) is 19.5 Å². The van der Waals surface area contributed by atoms with Crippen molar-refractivity contribution in [2.45, 2.75) is 33.2 Å². The van der Waals surface area contributed by atoms with Crippen LogP contribution in [-0.2, 0) is 4.79 Å². The highest BCUT2D eigenvalue weighted by Crippen LogP contribution is 2.05. The zero-order chi connectivity index (χ0) is 8.85. The Morgan fingerprint density at radius 2 is 2.09 bits per heavy atom. The van der Waals surface area contributed by atoms with E-state index >= 15 is 0 Å². The van der Waals surface area contributed by atoms with Crippen molar-refractivity contribution in [2.24, 2.45) is 5.73 Å². The minimum Gasteiger partial charge on any atom is -0.341 e. The van der Waals surface area contributed by atoms with E-state index < -0.39 is 0 Å². The van der Waals surface area contributed by atoms with Crippen molar-refractivity contribution in [2.75, 3.05) is 13.1 Å². The Kier molecular flexibility index (Phi) is 4.86. The molecule has 3 nitrogen and oxygen atoms in total. The molecule has 0 aromatic rings. The average molecular weight is 158 g/mol. The molecular weight excluding hydrogens is 140 g/mol. The van der Waals surface area contributed by atoms with Gasteiger partial charge in [0.2, 0.25) is 5.91 Å². The molecule has 1 atom stereocenters. The predicted octanol–water partition coefficient (Wildman–Crippen LogP) is 0.592. The summed E-state index contributed by atoms with van der Waals surface area (Å²) in [5.41, 5.74) is 5.57. The fourth-order valence-corrected chi connectivity index (χ4v) is 1.07. The predicted molar refractivity (Wildman–Crippen MR) is 46.2 cm³/mol. The van der Waals surface area contributed by atoms with Gasteiger partial charge >= 0.3 is 0 Å². The Hall–Kier alpha value is -0.570. The zero-order valence-electron chi connectivity index (χ0n) is 7.63. The number of amides is 1. The average Bonchev–Trinajstić information content (AvgIpc) is 2.40. The minimum atomic E-state index is 0.142. The van der Waals surface area contributed by atoms with Crippen LogP contribution in [0.25, 0.3) is 0 Å². The maximum absolute atomic E-state index is 10.7. The summed E-state index contributed by atoms with van der Waals surface area (Å²) >= 11 is 0. The van der Waals surface area contributed by atoms with Crippen LogP contribution in [0.15, 0.2) is 0 Å². The van der Waals surface area contributed by atoms with E-state index in [1.165, 1.54) is 0 Å². The van der Waals surface area contributed by atoms with Gasteiger partial charge in [-0.15, -0.1) is 0 Å². The fourth-order valence-electron chi connectivity index (χ4n) is 1.07. The fraction of sp³-hybridized carbons (Fsp3) is 0.875. The SMILES string of the molecule is CC.CC(=O)N1CC[C@@H](N)C1. The van der Waals surface area contributed by atoms with Gasteiger partial charge in [0.05, 0.1) is 0 Å². The third-order valence-electron chi connectivity index (χ3n) is 1.67. The lowest BCUT2D eigenvalue weighted by Gasteiger charge is -2.11. The van der Waals surface area contributed by atoms with Crippen LogP contribution in [0.4, 0.5) is 0 Å². The quantitative estimate of drug-likeness (QED) is 0.561. The van der Waals surface area contributed by atoms with Crippen LogP contribution in [-0.4, -0.2) is 29.9 Å². The molecule has 3 heteroatoms. The monoisotopic (exact) mass is 158 g/mol. The number of hydrogen-bond acceptors (Lipinski definition) is 2. The Labute approximate surface area is 68.6 Å². The molecule has 0 bridgehead atoms. The van der Waals surface area contributed by atoms with Crippen LogP contribution in [0, 0.1) is 0 Å². The molecule has 0 unspecified atom stereocenters. The standard InChI is InChI=1S/C6H12N2O.C2H6/c1-5(9)8-3-2-6(7)4-8;1-2/h6H,2-4,7H2,1H3;1-2H3/t6-;/m1./s1. The van der Waals surface area contributed by atoms with Crippen molar-refractivity contribution in [3.8, 4) is 0 Å². The molecule has 1 rings (SSSR count). The van der Waals surface area contributed by atoms with Crippen molar-refractivity contribution in [1.29, 1.82) is 0 Å². The van der Waals surface area contributed by atoms with Crippen LogP contribution in [0.5, 0.6) is 0 Å². The van der Waals surface area contributed by atoms with Crippen molar-refractivity contribution >= 4 is 5.91 Å². The number of nitrogens with two attached hydrogens (primary N) is 1. The molecule has 1 aliphatic rings. The van der Waals surface area contributed by atoms with Gasteiger partial charge < -0.3 is 10.6 Å². The maximum atomic E-state index is 10.7. The van der Waals surface area contributed by atoms with E-state index in [9.17, 15) is 4.79 Å². The van der Waals surface area contributed by atoms with Crippen molar-refractivity contribution in [3.63, 3.8) is 0 Å². The molecule has 0 spiro atoms. The van der Waals surface area contributed by atoms with E-state index in [0.29, 0.717) is 0 Å². The zero-order valence-corrected chi connectivity index (χ0v) is 7.63. The van der Waals surface area contributed by atoms with Crippen molar-refractivity contribution < 1.29 is 4.79 Å². The van der Waals surface area contributed by atoms with E-state index in [2.05, 4.69) is 0 Å². The van der Waals surface area contributed by atoms with Crippen molar-refractivity contribution in [1.82, 2.24) is 4.90 Å². The van der Waals surface area contributed by atoms with E-state index in [-0.39, 0.29) is 11.9 Å². The van der Waals surface area contributed by atoms with Gasteiger partial charge in [-0.05, 0) is 6.42 Å². The molecule has 1 saturated heterocycles. The number of nitrogens with zero attached hydrogens (tertiary/aromatic N) is 1. The van der Waals surface area contributed by atoms with E-state index in [1.54, 1.807) is 11.8 Å². The van der Waals surface area contributed by atoms with Gasteiger partial charge in [0.25, 0.3) is 0 Å². The summed E-state index contributed by atoms with van der Waals surface area (Å²) in [4.78, 5) is 12.4. The van der Waals surface area contributed by atoms with Gasteiger partial charge in [-0.3, -0.25) is 4.79 Å². The third-order valence-corrected chi connectivity index (χ3v) is 1.67. The highest BCUT2D eigenvalue weighted by molar-refractivity contribution is 5.73. The van der Waals surface area contributed by atoms with Crippen LogP contribution in [0.2, 0.25) is 0 Å². The van der Waals surface area contributed by atoms with Gasteiger partial charge in [-0.1, -0.05) is 13.8 Å². The first-order valence-corrected chi connectivity index (χ1v) is 4.21. The smallest absolute Gasteiger partial charge is 0.219 e. The molecule has 0 aliphatic carbocycles. The summed E-state index contributed by atoms with van der Waals surface area (Å²) in [5.74, 6) is 0.142. The molecule has 1 amide bonds. The van der Waals surface area contributed by atoms with E-state index in [4.69, 9.17) is 5.73 Å². The Morgan fingerprint density at radius 1 is 1.55 bits per heavy atom. The molecule has 0 radical (unpaired) electrons.